The average molecular weight is 218 g/mol. The van der Waals surface area contributed by atoms with Crippen LogP contribution in [0.4, 0.5) is 0 Å². The van der Waals surface area contributed by atoms with Gasteiger partial charge in [-0.15, -0.1) is 0 Å². The molecule has 0 saturated carbocycles. The monoisotopic (exact) mass is 218 g/mol. The highest BCUT2D eigenvalue weighted by molar-refractivity contribution is 5.36. The predicted octanol–water partition coefficient (Wildman–Crippen LogP) is 2.14. The van der Waals surface area contributed by atoms with Gasteiger partial charge in [-0.25, -0.2) is 0 Å². The molecule has 1 aromatic carbocycles. The van der Waals surface area contributed by atoms with Crippen molar-refractivity contribution in [3.8, 4) is 0 Å². The molecule has 1 saturated heterocycles. The van der Waals surface area contributed by atoms with Gasteiger partial charge in [-0.05, 0) is 49.4 Å². The van der Waals surface area contributed by atoms with Crippen molar-refractivity contribution in [1.29, 1.82) is 0 Å². The largest absolute Gasteiger partial charge is 0.326 e. The first-order chi connectivity index (χ1) is 7.56. The fraction of sp³-hybridized carbons (Fsp3) is 0.571. The minimum Gasteiger partial charge on any atom is -0.326 e. The standard InChI is InChI=1S/C14H22N2/c1-10-6-12(3)13(7-11(10)2)8-16-5-4-14(15)9-16/h6-7,14H,4-5,8-9,15H2,1-3H3/t14-/m0/s1. The number of rotatable bonds is 2. The number of aryl methyl sites for hydroxylation is 3. The normalized spacial score (nSPS) is 21.6. The first-order valence-corrected chi connectivity index (χ1v) is 6.11. The Labute approximate surface area is 98.4 Å². The Bertz CT molecular complexity index is 385. The fourth-order valence-corrected chi connectivity index (χ4v) is 2.44. The topological polar surface area (TPSA) is 29.3 Å². The van der Waals surface area contributed by atoms with Crippen LogP contribution < -0.4 is 5.73 Å². The molecule has 1 fully saturated rings. The molecule has 0 bridgehead atoms. The van der Waals surface area contributed by atoms with Crippen LogP contribution in [-0.4, -0.2) is 24.0 Å². The molecular formula is C14H22N2. The minimum absolute atomic E-state index is 0.381. The number of likely N-dealkylation sites (tertiary alicyclic amines) is 1. The quantitative estimate of drug-likeness (QED) is 0.824. The summed E-state index contributed by atoms with van der Waals surface area (Å²) in [6.07, 6.45) is 1.14. The SMILES string of the molecule is Cc1cc(C)c(CN2CC[C@H](N)C2)cc1C. The van der Waals surface area contributed by atoms with Crippen LogP contribution in [-0.2, 0) is 6.54 Å². The lowest BCUT2D eigenvalue weighted by Gasteiger charge is -2.18. The first-order valence-electron chi connectivity index (χ1n) is 6.11. The molecule has 0 aliphatic carbocycles. The fourth-order valence-electron chi connectivity index (χ4n) is 2.44. The maximum atomic E-state index is 5.93. The Hall–Kier alpha value is -0.860. The number of benzene rings is 1. The Morgan fingerprint density at radius 1 is 1.19 bits per heavy atom. The molecule has 16 heavy (non-hydrogen) atoms. The van der Waals surface area contributed by atoms with Crippen LogP contribution in [0.15, 0.2) is 12.1 Å². The second-order valence-corrected chi connectivity index (χ2v) is 5.15. The molecule has 2 nitrogen and oxygen atoms in total. The van der Waals surface area contributed by atoms with E-state index in [-0.39, 0.29) is 0 Å². The van der Waals surface area contributed by atoms with E-state index in [1.54, 1.807) is 0 Å². The maximum Gasteiger partial charge on any atom is 0.0237 e. The Morgan fingerprint density at radius 2 is 1.88 bits per heavy atom. The molecule has 2 N–H and O–H groups in total. The van der Waals surface area contributed by atoms with Crippen molar-refractivity contribution in [2.45, 2.75) is 39.8 Å². The average Bonchev–Trinajstić information content (AvgIpc) is 2.60. The second kappa shape index (κ2) is 4.56. The molecule has 1 heterocycles. The Morgan fingerprint density at radius 3 is 2.50 bits per heavy atom. The van der Waals surface area contributed by atoms with E-state index in [0.717, 1.165) is 26.1 Å². The van der Waals surface area contributed by atoms with Crippen LogP contribution in [0.25, 0.3) is 0 Å². The number of nitrogens with zero attached hydrogens (tertiary/aromatic N) is 1. The van der Waals surface area contributed by atoms with E-state index in [2.05, 4.69) is 37.8 Å². The lowest BCUT2D eigenvalue weighted by Crippen LogP contribution is -2.26. The molecule has 0 amide bonds. The van der Waals surface area contributed by atoms with Crippen LogP contribution in [0.2, 0.25) is 0 Å². The molecule has 0 aromatic heterocycles. The van der Waals surface area contributed by atoms with Crippen LogP contribution >= 0.6 is 0 Å². The molecule has 1 aliphatic heterocycles. The van der Waals surface area contributed by atoms with Gasteiger partial charge in [0.1, 0.15) is 0 Å². The number of hydrogen-bond donors (Lipinski definition) is 1. The Balaban J connectivity index is 2.12. The van der Waals surface area contributed by atoms with Crippen LogP contribution in [0.3, 0.4) is 0 Å². The lowest BCUT2D eigenvalue weighted by atomic mass is 10.0. The summed E-state index contributed by atoms with van der Waals surface area (Å²) in [4.78, 5) is 2.46. The van der Waals surface area contributed by atoms with Gasteiger partial charge in [-0.3, -0.25) is 4.90 Å². The Kier molecular flexibility index (Phi) is 3.31. The summed E-state index contributed by atoms with van der Waals surface area (Å²) in [6.45, 7) is 9.82. The molecule has 88 valence electrons. The van der Waals surface area contributed by atoms with E-state index in [1.807, 2.05) is 0 Å². The number of hydrogen-bond acceptors (Lipinski definition) is 2. The van der Waals surface area contributed by atoms with E-state index >= 15 is 0 Å². The zero-order valence-electron chi connectivity index (χ0n) is 10.6. The van der Waals surface area contributed by atoms with E-state index in [4.69, 9.17) is 5.73 Å². The minimum atomic E-state index is 0.381. The van der Waals surface area contributed by atoms with Gasteiger partial charge >= 0.3 is 0 Å². The highest BCUT2D eigenvalue weighted by atomic mass is 15.2. The summed E-state index contributed by atoms with van der Waals surface area (Å²) < 4.78 is 0. The van der Waals surface area contributed by atoms with E-state index in [1.165, 1.54) is 22.3 Å². The molecule has 1 aliphatic rings. The molecule has 2 heteroatoms. The third kappa shape index (κ3) is 2.45. The van der Waals surface area contributed by atoms with Crippen molar-refractivity contribution in [1.82, 2.24) is 4.90 Å². The molecular weight excluding hydrogens is 196 g/mol. The molecule has 0 spiro atoms. The van der Waals surface area contributed by atoms with Crippen molar-refractivity contribution in [2.24, 2.45) is 5.73 Å². The van der Waals surface area contributed by atoms with Gasteiger partial charge in [0, 0.05) is 25.7 Å². The van der Waals surface area contributed by atoms with Gasteiger partial charge in [0.05, 0.1) is 0 Å². The van der Waals surface area contributed by atoms with Crippen LogP contribution in [0.1, 0.15) is 28.7 Å². The van der Waals surface area contributed by atoms with Crippen molar-refractivity contribution >= 4 is 0 Å². The van der Waals surface area contributed by atoms with Crippen molar-refractivity contribution < 1.29 is 0 Å². The second-order valence-electron chi connectivity index (χ2n) is 5.15. The molecule has 0 unspecified atom stereocenters. The summed E-state index contributed by atoms with van der Waals surface area (Å²) in [7, 11) is 0. The molecule has 0 radical (unpaired) electrons. The van der Waals surface area contributed by atoms with Crippen molar-refractivity contribution in [3.63, 3.8) is 0 Å². The third-order valence-electron chi connectivity index (χ3n) is 3.66. The molecule has 2 rings (SSSR count). The maximum absolute atomic E-state index is 5.93. The summed E-state index contributed by atoms with van der Waals surface area (Å²) >= 11 is 0. The first kappa shape index (κ1) is 11.6. The van der Waals surface area contributed by atoms with E-state index in [9.17, 15) is 0 Å². The van der Waals surface area contributed by atoms with Crippen molar-refractivity contribution in [2.75, 3.05) is 13.1 Å². The molecule has 1 aromatic rings. The number of nitrogens with two attached hydrogens (primary N) is 1. The molecule has 1 atom stereocenters. The summed E-state index contributed by atoms with van der Waals surface area (Å²) in [5, 5.41) is 0. The zero-order valence-corrected chi connectivity index (χ0v) is 10.6. The van der Waals surface area contributed by atoms with Crippen molar-refractivity contribution in [3.05, 3.63) is 34.4 Å². The lowest BCUT2D eigenvalue weighted by molar-refractivity contribution is 0.326. The summed E-state index contributed by atoms with van der Waals surface area (Å²) in [6, 6.07) is 5.00. The van der Waals surface area contributed by atoms with Gasteiger partial charge in [-0.1, -0.05) is 12.1 Å². The highest BCUT2D eigenvalue weighted by Crippen LogP contribution is 2.19. The van der Waals surface area contributed by atoms with Gasteiger partial charge in [0.25, 0.3) is 0 Å². The summed E-state index contributed by atoms with van der Waals surface area (Å²) in [5.41, 5.74) is 11.6. The van der Waals surface area contributed by atoms with Gasteiger partial charge < -0.3 is 5.73 Å². The van der Waals surface area contributed by atoms with Gasteiger partial charge in [0.2, 0.25) is 0 Å². The van der Waals surface area contributed by atoms with E-state index in [0.29, 0.717) is 6.04 Å². The zero-order chi connectivity index (χ0) is 11.7. The highest BCUT2D eigenvalue weighted by Gasteiger charge is 2.19. The van der Waals surface area contributed by atoms with Crippen LogP contribution in [0.5, 0.6) is 0 Å². The van der Waals surface area contributed by atoms with Gasteiger partial charge in [-0.2, -0.15) is 0 Å². The van der Waals surface area contributed by atoms with Crippen LogP contribution in [0, 0.1) is 20.8 Å². The van der Waals surface area contributed by atoms with E-state index < -0.39 is 0 Å². The smallest absolute Gasteiger partial charge is 0.0237 e. The summed E-state index contributed by atoms with van der Waals surface area (Å²) in [5.74, 6) is 0. The third-order valence-corrected chi connectivity index (χ3v) is 3.66. The van der Waals surface area contributed by atoms with Gasteiger partial charge in [0.15, 0.2) is 0 Å². The predicted molar refractivity (Wildman–Crippen MR) is 68.5 cm³/mol.